The first-order chi connectivity index (χ1) is 6.14. The van der Waals surface area contributed by atoms with E-state index in [0.29, 0.717) is 0 Å². The van der Waals surface area contributed by atoms with Crippen LogP contribution >= 0.6 is 23.5 Å². The Labute approximate surface area is 84.2 Å². The SMILES string of the molecule is OCC(CSC(F)(F)F)SC(F)(F)F. The average molecular weight is 260 g/mol. The molecule has 0 radical (unpaired) electrons. The van der Waals surface area contributed by atoms with Gasteiger partial charge < -0.3 is 5.11 Å². The van der Waals surface area contributed by atoms with Crippen LogP contribution in [0.5, 0.6) is 0 Å². The van der Waals surface area contributed by atoms with Gasteiger partial charge in [0.25, 0.3) is 0 Å². The van der Waals surface area contributed by atoms with E-state index in [9.17, 15) is 26.3 Å². The van der Waals surface area contributed by atoms with Crippen molar-refractivity contribution in [3.05, 3.63) is 0 Å². The zero-order chi connectivity index (χ0) is 11.4. The van der Waals surface area contributed by atoms with E-state index in [4.69, 9.17) is 5.11 Å². The predicted octanol–water partition coefficient (Wildman–Crippen LogP) is 2.85. The summed E-state index contributed by atoms with van der Waals surface area (Å²) in [4.78, 5) is 0. The Bertz CT molecular complexity index is 167. The second-order valence-electron chi connectivity index (χ2n) is 2.12. The maximum Gasteiger partial charge on any atom is 0.442 e. The summed E-state index contributed by atoms with van der Waals surface area (Å²) in [5.41, 5.74) is -9.20. The number of aliphatic hydroxyl groups excluding tert-OH is 1. The molecule has 0 aromatic heterocycles. The molecule has 0 bridgehead atoms. The van der Waals surface area contributed by atoms with E-state index in [-0.39, 0.29) is 0 Å². The highest BCUT2D eigenvalue weighted by Gasteiger charge is 2.36. The van der Waals surface area contributed by atoms with E-state index < -0.39 is 52.2 Å². The fraction of sp³-hybridized carbons (Fsp3) is 1.00. The van der Waals surface area contributed by atoms with Crippen molar-refractivity contribution in [3.63, 3.8) is 0 Å². The molecule has 0 spiro atoms. The van der Waals surface area contributed by atoms with Crippen molar-refractivity contribution < 1.29 is 31.4 Å². The van der Waals surface area contributed by atoms with Crippen molar-refractivity contribution >= 4 is 23.5 Å². The van der Waals surface area contributed by atoms with Gasteiger partial charge in [-0.05, 0) is 23.5 Å². The van der Waals surface area contributed by atoms with Crippen molar-refractivity contribution in [2.45, 2.75) is 16.3 Å². The van der Waals surface area contributed by atoms with Gasteiger partial charge in [-0.15, -0.1) is 0 Å². The summed E-state index contributed by atoms with van der Waals surface area (Å²) in [6.07, 6.45) is 0. The van der Waals surface area contributed by atoms with Crippen molar-refractivity contribution in [3.8, 4) is 0 Å². The minimum Gasteiger partial charge on any atom is -0.395 e. The Morgan fingerprint density at radius 1 is 1.00 bits per heavy atom. The summed E-state index contributed by atoms with van der Waals surface area (Å²) < 4.78 is 69.7. The average Bonchev–Trinajstić information content (AvgIpc) is 1.94. The van der Waals surface area contributed by atoms with Crippen LogP contribution in [0.1, 0.15) is 0 Å². The van der Waals surface area contributed by atoms with Crippen LogP contribution < -0.4 is 0 Å². The van der Waals surface area contributed by atoms with Gasteiger partial charge in [-0.25, -0.2) is 0 Å². The van der Waals surface area contributed by atoms with Gasteiger partial charge in [-0.2, -0.15) is 26.3 Å². The molecule has 0 saturated carbocycles. The fourth-order valence-corrected chi connectivity index (χ4v) is 1.91. The van der Waals surface area contributed by atoms with E-state index in [1.54, 1.807) is 0 Å². The number of aliphatic hydroxyl groups is 1. The Morgan fingerprint density at radius 3 is 1.79 bits per heavy atom. The van der Waals surface area contributed by atoms with Crippen LogP contribution in [-0.2, 0) is 0 Å². The van der Waals surface area contributed by atoms with Gasteiger partial charge in [0.15, 0.2) is 0 Å². The molecular formula is C5H6F6OS2. The van der Waals surface area contributed by atoms with Gasteiger partial charge in [0, 0.05) is 11.0 Å². The van der Waals surface area contributed by atoms with E-state index >= 15 is 0 Å². The molecule has 0 aromatic rings. The molecule has 14 heavy (non-hydrogen) atoms. The van der Waals surface area contributed by atoms with Crippen LogP contribution in [0, 0.1) is 0 Å². The maximum absolute atomic E-state index is 11.7. The number of thioether (sulfide) groups is 2. The minimum absolute atomic E-state index is 0.574. The van der Waals surface area contributed by atoms with Gasteiger partial charge in [0.2, 0.25) is 0 Å². The lowest BCUT2D eigenvalue weighted by Gasteiger charge is -2.15. The van der Waals surface area contributed by atoms with E-state index in [1.807, 2.05) is 0 Å². The van der Waals surface area contributed by atoms with Gasteiger partial charge in [0.05, 0.1) is 6.61 Å². The fourth-order valence-electron chi connectivity index (χ4n) is 0.500. The third-order valence-corrected chi connectivity index (χ3v) is 2.96. The summed E-state index contributed by atoms with van der Waals surface area (Å²) in [6.45, 7) is -0.937. The topological polar surface area (TPSA) is 20.2 Å². The quantitative estimate of drug-likeness (QED) is 0.785. The monoisotopic (exact) mass is 260 g/mol. The second-order valence-corrected chi connectivity index (χ2v) is 4.58. The first-order valence-electron chi connectivity index (χ1n) is 3.20. The predicted molar refractivity (Wildman–Crippen MR) is 43.0 cm³/mol. The minimum atomic E-state index is -4.63. The number of rotatable bonds is 4. The molecule has 0 aliphatic carbocycles. The van der Waals surface area contributed by atoms with Crippen LogP contribution in [-0.4, -0.2) is 33.7 Å². The lowest BCUT2D eigenvalue weighted by Crippen LogP contribution is -2.20. The number of hydrogen-bond donors (Lipinski definition) is 1. The Morgan fingerprint density at radius 2 is 1.50 bits per heavy atom. The molecule has 0 amide bonds. The highest BCUT2D eigenvalue weighted by atomic mass is 32.2. The standard InChI is InChI=1S/C5H6F6OS2/c6-4(7,8)13-2-3(1-12)14-5(9,10)11/h3,12H,1-2H2. The zero-order valence-electron chi connectivity index (χ0n) is 6.52. The first-order valence-corrected chi connectivity index (χ1v) is 5.06. The molecule has 0 saturated heterocycles. The smallest absolute Gasteiger partial charge is 0.395 e. The Kier molecular flexibility index (Phi) is 5.45. The number of halogens is 6. The van der Waals surface area contributed by atoms with E-state index in [1.165, 1.54) is 0 Å². The molecule has 1 atom stereocenters. The highest BCUT2D eigenvalue weighted by molar-refractivity contribution is 8.04. The molecule has 9 heteroatoms. The zero-order valence-corrected chi connectivity index (χ0v) is 8.16. The third kappa shape index (κ3) is 8.82. The summed E-state index contributed by atoms with van der Waals surface area (Å²) in [5.74, 6) is -0.815. The van der Waals surface area contributed by atoms with Crippen LogP contribution in [0.3, 0.4) is 0 Å². The van der Waals surface area contributed by atoms with Crippen molar-refractivity contribution in [1.29, 1.82) is 0 Å². The van der Waals surface area contributed by atoms with Crippen molar-refractivity contribution in [2.24, 2.45) is 0 Å². The molecule has 1 N–H and O–H groups in total. The molecule has 0 aliphatic rings. The number of hydrogen-bond acceptors (Lipinski definition) is 3. The van der Waals surface area contributed by atoms with Crippen LogP contribution in [0.4, 0.5) is 26.3 Å². The highest BCUT2D eigenvalue weighted by Crippen LogP contribution is 2.38. The molecule has 86 valence electrons. The molecule has 1 nitrogen and oxygen atoms in total. The molecule has 0 fully saturated rings. The van der Waals surface area contributed by atoms with E-state index in [2.05, 4.69) is 0 Å². The lowest BCUT2D eigenvalue weighted by molar-refractivity contribution is -0.0352. The van der Waals surface area contributed by atoms with Crippen molar-refractivity contribution in [2.75, 3.05) is 12.4 Å². The van der Waals surface area contributed by atoms with E-state index in [0.717, 1.165) is 0 Å². The second kappa shape index (κ2) is 5.36. The van der Waals surface area contributed by atoms with Crippen LogP contribution in [0.2, 0.25) is 0 Å². The van der Waals surface area contributed by atoms with Gasteiger partial charge in [-0.3, -0.25) is 0 Å². The molecule has 0 heterocycles. The normalized spacial score (nSPS) is 15.6. The Hall–Kier alpha value is 0.240. The molecule has 0 aromatic carbocycles. The molecule has 0 rings (SSSR count). The van der Waals surface area contributed by atoms with Gasteiger partial charge in [-0.1, -0.05) is 0 Å². The lowest BCUT2D eigenvalue weighted by atomic mass is 10.5. The summed E-state index contributed by atoms with van der Waals surface area (Å²) in [7, 11) is 0. The summed E-state index contributed by atoms with van der Waals surface area (Å²) in [6, 6.07) is 0. The number of alkyl halides is 6. The summed E-state index contributed by atoms with van der Waals surface area (Å²) in [5, 5.41) is 6.90. The molecule has 0 aliphatic heterocycles. The summed E-state index contributed by atoms with van der Waals surface area (Å²) >= 11 is -1.20. The molecular weight excluding hydrogens is 254 g/mol. The first kappa shape index (κ1) is 14.2. The van der Waals surface area contributed by atoms with Crippen molar-refractivity contribution in [1.82, 2.24) is 0 Å². The largest absolute Gasteiger partial charge is 0.442 e. The maximum atomic E-state index is 11.7. The molecule has 1 unspecified atom stereocenters. The third-order valence-electron chi connectivity index (χ3n) is 0.937. The van der Waals surface area contributed by atoms with Crippen LogP contribution in [0.15, 0.2) is 0 Å². The van der Waals surface area contributed by atoms with Crippen LogP contribution in [0.25, 0.3) is 0 Å². The van der Waals surface area contributed by atoms with Gasteiger partial charge >= 0.3 is 11.0 Å². The van der Waals surface area contributed by atoms with Gasteiger partial charge in [0.1, 0.15) is 0 Å². The Balaban J connectivity index is 3.93.